The Morgan fingerprint density at radius 3 is 2.57 bits per heavy atom. The Kier molecular flexibility index (Phi) is 4.96. The molecule has 7 nitrogen and oxygen atoms in total. The van der Waals surface area contributed by atoms with Gasteiger partial charge in [-0.2, -0.15) is 9.40 Å². The molecule has 2 aromatic rings. The van der Waals surface area contributed by atoms with Crippen molar-refractivity contribution in [3.8, 4) is 0 Å². The molecule has 2 aliphatic heterocycles. The van der Waals surface area contributed by atoms with Crippen LogP contribution in [0.1, 0.15) is 30.9 Å². The molecule has 0 saturated carbocycles. The van der Waals surface area contributed by atoms with Crippen LogP contribution in [0.3, 0.4) is 0 Å². The molecule has 2 fully saturated rings. The highest BCUT2D eigenvalue weighted by Crippen LogP contribution is 2.27. The maximum Gasteiger partial charge on any atom is 0.269 e. The standard InChI is InChI=1S/C19H23FN4O3S/c1-14-5-6-18(17(20)10-14)28(26,27)23-9-2-4-15(13-23)24-19(25)11-16(12-21-24)22-7-3-8-22/h5-6,10-12,15H,2-4,7-9,13H2,1H3. The normalized spacial score (nSPS) is 20.8. The molecule has 2 saturated heterocycles. The lowest BCUT2D eigenvalue weighted by atomic mass is 10.1. The molecule has 4 rings (SSSR count). The molecule has 150 valence electrons. The lowest BCUT2D eigenvalue weighted by Gasteiger charge is -2.34. The predicted octanol–water partition coefficient (Wildman–Crippen LogP) is 1.93. The van der Waals surface area contributed by atoms with Gasteiger partial charge in [-0.05, 0) is 43.9 Å². The molecule has 1 unspecified atom stereocenters. The van der Waals surface area contributed by atoms with Crippen LogP contribution in [0.5, 0.6) is 0 Å². The number of rotatable bonds is 4. The van der Waals surface area contributed by atoms with E-state index in [0.717, 1.165) is 25.2 Å². The molecule has 3 heterocycles. The van der Waals surface area contributed by atoms with E-state index < -0.39 is 15.8 Å². The highest BCUT2D eigenvalue weighted by Gasteiger charge is 2.33. The summed E-state index contributed by atoms with van der Waals surface area (Å²) in [5, 5.41) is 4.29. The largest absolute Gasteiger partial charge is 0.370 e. The van der Waals surface area contributed by atoms with Crippen LogP contribution in [-0.4, -0.2) is 48.7 Å². The topological polar surface area (TPSA) is 75.5 Å². The number of benzene rings is 1. The van der Waals surface area contributed by atoms with Crippen molar-refractivity contribution >= 4 is 15.7 Å². The summed E-state index contributed by atoms with van der Waals surface area (Å²) in [5.74, 6) is -0.753. The van der Waals surface area contributed by atoms with Crippen molar-refractivity contribution in [2.75, 3.05) is 31.1 Å². The minimum Gasteiger partial charge on any atom is -0.370 e. The lowest BCUT2D eigenvalue weighted by molar-refractivity contribution is 0.247. The van der Waals surface area contributed by atoms with E-state index in [1.54, 1.807) is 25.3 Å². The average molecular weight is 406 g/mol. The highest BCUT2D eigenvalue weighted by molar-refractivity contribution is 7.89. The Bertz CT molecular complexity index is 1050. The van der Waals surface area contributed by atoms with Gasteiger partial charge in [-0.25, -0.2) is 17.5 Å². The third-order valence-electron chi connectivity index (χ3n) is 5.44. The first-order valence-electron chi connectivity index (χ1n) is 9.46. The van der Waals surface area contributed by atoms with Gasteiger partial charge in [0.1, 0.15) is 10.7 Å². The summed E-state index contributed by atoms with van der Waals surface area (Å²) in [7, 11) is -3.97. The van der Waals surface area contributed by atoms with E-state index in [4.69, 9.17) is 0 Å². The van der Waals surface area contributed by atoms with Crippen molar-refractivity contribution in [2.45, 2.75) is 37.1 Å². The number of hydrogen-bond donors (Lipinski definition) is 0. The Labute approximate surface area is 163 Å². The maximum atomic E-state index is 14.3. The third kappa shape index (κ3) is 3.44. The number of piperidine rings is 1. The molecule has 28 heavy (non-hydrogen) atoms. The van der Waals surface area contributed by atoms with Crippen LogP contribution in [-0.2, 0) is 10.0 Å². The van der Waals surface area contributed by atoms with Crippen LogP contribution >= 0.6 is 0 Å². The maximum absolute atomic E-state index is 14.3. The molecule has 0 spiro atoms. The van der Waals surface area contributed by atoms with Gasteiger partial charge < -0.3 is 4.90 Å². The van der Waals surface area contributed by atoms with Crippen LogP contribution in [0, 0.1) is 12.7 Å². The van der Waals surface area contributed by atoms with E-state index in [0.29, 0.717) is 24.9 Å². The Morgan fingerprint density at radius 1 is 1.14 bits per heavy atom. The first kappa shape index (κ1) is 19.1. The molecule has 1 aromatic carbocycles. The minimum atomic E-state index is -3.97. The van der Waals surface area contributed by atoms with Crippen LogP contribution in [0.15, 0.2) is 40.2 Å². The van der Waals surface area contributed by atoms with Crippen molar-refractivity contribution in [1.29, 1.82) is 0 Å². The van der Waals surface area contributed by atoms with Crippen molar-refractivity contribution in [2.24, 2.45) is 0 Å². The van der Waals surface area contributed by atoms with E-state index >= 15 is 0 Å². The summed E-state index contributed by atoms with van der Waals surface area (Å²) >= 11 is 0. The van der Waals surface area contributed by atoms with Crippen LogP contribution in [0.25, 0.3) is 0 Å². The zero-order valence-corrected chi connectivity index (χ0v) is 16.5. The van der Waals surface area contributed by atoms with E-state index in [9.17, 15) is 17.6 Å². The zero-order valence-electron chi connectivity index (χ0n) is 15.7. The number of aromatic nitrogens is 2. The highest BCUT2D eigenvalue weighted by atomic mass is 32.2. The van der Waals surface area contributed by atoms with E-state index in [1.165, 1.54) is 21.1 Å². The van der Waals surface area contributed by atoms with Crippen LogP contribution in [0.2, 0.25) is 0 Å². The summed E-state index contributed by atoms with van der Waals surface area (Å²) in [6.45, 7) is 3.95. The molecular weight excluding hydrogens is 383 g/mol. The van der Waals surface area contributed by atoms with E-state index in [2.05, 4.69) is 10.00 Å². The molecule has 1 atom stereocenters. The SMILES string of the molecule is Cc1ccc(S(=O)(=O)N2CCCC(n3ncc(N4CCC4)cc3=O)C2)c(F)c1. The summed E-state index contributed by atoms with van der Waals surface area (Å²) in [6, 6.07) is 5.29. The second-order valence-electron chi connectivity index (χ2n) is 7.43. The third-order valence-corrected chi connectivity index (χ3v) is 7.34. The van der Waals surface area contributed by atoms with Gasteiger partial charge in [0.15, 0.2) is 0 Å². The molecule has 1 aromatic heterocycles. The van der Waals surface area contributed by atoms with Crippen LogP contribution < -0.4 is 10.5 Å². The number of nitrogens with zero attached hydrogens (tertiary/aromatic N) is 4. The second-order valence-corrected chi connectivity index (χ2v) is 9.34. The van der Waals surface area contributed by atoms with E-state index in [1.807, 2.05) is 0 Å². The molecule has 0 bridgehead atoms. The first-order chi connectivity index (χ1) is 13.4. The number of sulfonamides is 1. The molecule has 0 N–H and O–H groups in total. The summed E-state index contributed by atoms with van der Waals surface area (Å²) in [5.41, 5.74) is 1.22. The molecule has 9 heteroatoms. The molecule has 0 aliphatic carbocycles. The molecule has 0 amide bonds. The summed E-state index contributed by atoms with van der Waals surface area (Å²) in [4.78, 5) is 14.3. The van der Waals surface area contributed by atoms with Crippen molar-refractivity contribution in [3.05, 3.63) is 52.2 Å². The van der Waals surface area contributed by atoms with Crippen LogP contribution in [0.4, 0.5) is 10.1 Å². The number of hydrogen-bond acceptors (Lipinski definition) is 5. The van der Waals surface area contributed by atoms with Crippen molar-refractivity contribution in [3.63, 3.8) is 0 Å². The Hall–Kier alpha value is -2.26. The van der Waals surface area contributed by atoms with Gasteiger partial charge in [0, 0.05) is 32.2 Å². The van der Waals surface area contributed by atoms with Gasteiger partial charge in [-0.15, -0.1) is 0 Å². The summed E-state index contributed by atoms with van der Waals surface area (Å²) < 4.78 is 42.8. The summed E-state index contributed by atoms with van der Waals surface area (Å²) in [6.07, 6.45) is 4.00. The quantitative estimate of drug-likeness (QED) is 0.776. The fourth-order valence-corrected chi connectivity index (χ4v) is 5.28. The van der Waals surface area contributed by atoms with Gasteiger partial charge in [0.2, 0.25) is 10.0 Å². The van der Waals surface area contributed by atoms with Crippen molar-refractivity contribution in [1.82, 2.24) is 14.1 Å². The Balaban J connectivity index is 1.58. The Morgan fingerprint density at radius 2 is 1.93 bits per heavy atom. The fourth-order valence-electron chi connectivity index (χ4n) is 3.72. The zero-order chi connectivity index (χ0) is 19.9. The number of anilines is 1. The smallest absolute Gasteiger partial charge is 0.269 e. The van der Waals surface area contributed by atoms with Gasteiger partial charge in [0.05, 0.1) is 17.9 Å². The van der Waals surface area contributed by atoms with E-state index in [-0.39, 0.29) is 23.0 Å². The minimum absolute atomic E-state index is 0.103. The first-order valence-corrected chi connectivity index (χ1v) is 10.9. The van der Waals surface area contributed by atoms with Crippen molar-refractivity contribution < 1.29 is 12.8 Å². The fraction of sp³-hybridized carbons (Fsp3) is 0.474. The molecule has 2 aliphatic rings. The lowest BCUT2D eigenvalue weighted by Crippen LogP contribution is -2.44. The average Bonchev–Trinajstić information content (AvgIpc) is 2.60. The molecular formula is C19H23FN4O3S. The second kappa shape index (κ2) is 7.29. The van der Waals surface area contributed by atoms with Gasteiger partial charge in [-0.1, -0.05) is 6.07 Å². The number of aryl methyl sites for hydroxylation is 1. The van der Waals surface area contributed by atoms with Gasteiger partial charge in [-0.3, -0.25) is 4.79 Å². The van der Waals surface area contributed by atoms with Gasteiger partial charge >= 0.3 is 0 Å². The van der Waals surface area contributed by atoms with Gasteiger partial charge in [0.25, 0.3) is 5.56 Å². The number of halogens is 1. The predicted molar refractivity (Wildman–Crippen MR) is 103 cm³/mol. The monoisotopic (exact) mass is 406 g/mol. The molecule has 0 radical (unpaired) electrons.